The number of hydrogen-bond donors (Lipinski definition) is 1. The molecule has 0 saturated carbocycles. The fourth-order valence-electron chi connectivity index (χ4n) is 3.01. The van der Waals surface area contributed by atoms with Crippen LogP contribution in [0, 0.1) is 6.92 Å². The van der Waals surface area contributed by atoms with Gasteiger partial charge in [0.25, 0.3) is 0 Å². The van der Waals surface area contributed by atoms with Gasteiger partial charge in [-0.1, -0.05) is 17.7 Å². The Bertz CT molecular complexity index is 432. The minimum absolute atomic E-state index is 0.215. The second kappa shape index (κ2) is 6.59. The van der Waals surface area contributed by atoms with Crippen molar-refractivity contribution in [3.05, 3.63) is 29.3 Å². The van der Waals surface area contributed by atoms with Crippen LogP contribution in [0.4, 0.5) is 5.69 Å². The Labute approximate surface area is 123 Å². The summed E-state index contributed by atoms with van der Waals surface area (Å²) in [5, 5.41) is 0. The highest BCUT2D eigenvalue weighted by atomic mass is 15.3. The average molecular weight is 275 g/mol. The van der Waals surface area contributed by atoms with Crippen LogP contribution in [0.5, 0.6) is 0 Å². The Morgan fingerprint density at radius 3 is 2.30 bits per heavy atom. The van der Waals surface area contributed by atoms with Crippen LogP contribution >= 0.6 is 0 Å². The van der Waals surface area contributed by atoms with Crippen LogP contribution in [0.1, 0.15) is 31.9 Å². The van der Waals surface area contributed by atoms with Crippen molar-refractivity contribution in [3.63, 3.8) is 0 Å². The number of nitrogens with two attached hydrogens (primary N) is 1. The van der Waals surface area contributed by atoms with E-state index in [9.17, 15) is 0 Å². The first kappa shape index (κ1) is 15.3. The molecule has 1 aromatic carbocycles. The number of anilines is 1. The van der Waals surface area contributed by atoms with Crippen molar-refractivity contribution in [2.75, 3.05) is 31.1 Å². The molecule has 2 N–H and O–H groups in total. The first-order valence-corrected chi connectivity index (χ1v) is 7.81. The molecule has 3 heteroatoms. The Morgan fingerprint density at radius 1 is 1.10 bits per heavy atom. The molecule has 1 atom stereocenters. The molecule has 1 aliphatic rings. The summed E-state index contributed by atoms with van der Waals surface area (Å²) in [5.74, 6) is 0. The molecule has 0 bridgehead atoms. The highest BCUT2D eigenvalue weighted by Crippen LogP contribution is 2.24. The molecule has 0 spiro atoms. The molecule has 0 aliphatic carbocycles. The maximum Gasteiger partial charge on any atom is 0.0400 e. The van der Waals surface area contributed by atoms with Gasteiger partial charge in [-0.05, 0) is 45.7 Å². The summed E-state index contributed by atoms with van der Waals surface area (Å²) in [6.07, 6.45) is 0.960. The van der Waals surface area contributed by atoms with Crippen molar-refractivity contribution >= 4 is 5.69 Å². The van der Waals surface area contributed by atoms with Gasteiger partial charge in [-0.25, -0.2) is 0 Å². The van der Waals surface area contributed by atoms with Gasteiger partial charge in [0.2, 0.25) is 0 Å². The van der Waals surface area contributed by atoms with E-state index in [1.54, 1.807) is 0 Å². The SMILES string of the molecule is Cc1ccc(N2CCN(C(C)C)CC2)c(CC(C)N)c1. The highest BCUT2D eigenvalue weighted by Gasteiger charge is 2.20. The molecular weight excluding hydrogens is 246 g/mol. The van der Waals surface area contributed by atoms with Crippen LogP contribution < -0.4 is 10.6 Å². The Kier molecular flexibility index (Phi) is 5.06. The smallest absolute Gasteiger partial charge is 0.0400 e. The summed E-state index contributed by atoms with van der Waals surface area (Å²) in [6.45, 7) is 13.4. The van der Waals surface area contributed by atoms with Gasteiger partial charge in [0.05, 0.1) is 0 Å². The highest BCUT2D eigenvalue weighted by molar-refractivity contribution is 5.55. The lowest BCUT2D eigenvalue weighted by Gasteiger charge is -2.39. The van der Waals surface area contributed by atoms with Gasteiger partial charge in [0.15, 0.2) is 0 Å². The van der Waals surface area contributed by atoms with Gasteiger partial charge >= 0.3 is 0 Å². The molecule has 112 valence electrons. The fourth-order valence-corrected chi connectivity index (χ4v) is 3.01. The first-order chi connectivity index (χ1) is 9.47. The third-order valence-corrected chi connectivity index (χ3v) is 4.16. The molecule has 0 radical (unpaired) electrons. The first-order valence-electron chi connectivity index (χ1n) is 7.81. The van der Waals surface area contributed by atoms with Crippen LogP contribution in [0.3, 0.4) is 0 Å². The Hall–Kier alpha value is -1.06. The van der Waals surface area contributed by atoms with E-state index in [0.717, 1.165) is 32.6 Å². The lowest BCUT2D eigenvalue weighted by molar-refractivity contribution is 0.209. The minimum atomic E-state index is 0.215. The second-order valence-corrected chi connectivity index (χ2v) is 6.43. The largest absolute Gasteiger partial charge is 0.369 e. The summed E-state index contributed by atoms with van der Waals surface area (Å²) in [5.41, 5.74) is 10.1. The van der Waals surface area contributed by atoms with E-state index >= 15 is 0 Å². The van der Waals surface area contributed by atoms with E-state index in [1.165, 1.54) is 16.8 Å². The van der Waals surface area contributed by atoms with Crippen molar-refractivity contribution in [2.45, 2.75) is 46.2 Å². The van der Waals surface area contributed by atoms with Gasteiger partial charge in [-0.2, -0.15) is 0 Å². The number of hydrogen-bond acceptors (Lipinski definition) is 3. The molecule has 1 unspecified atom stereocenters. The quantitative estimate of drug-likeness (QED) is 0.916. The van der Waals surface area contributed by atoms with E-state index in [1.807, 2.05) is 0 Å². The third kappa shape index (κ3) is 3.74. The van der Waals surface area contributed by atoms with E-state index in [0.29, 0.717) is 6.04 Å². The number of piperazine rings is 1. The number of rotatable bonds is 4. The number of nitrogens with zero attached hydrogens (tertiary/aromatic N) is 2. The van der Waals surface area contributed by atoms with Crippen LogP contribution in [0.25, 0.3) is 0 Å². The summed E-state index contributed by atoms with van der Waals surface area (Å²) >= 11 is 0. The zero-order valence-electron chi connectivity index (χ0n) is 13.4. The van der Waals surface area contributed by atoms with Crippen molar-refractivity contribution in [1.82, 2.24) is 4.90 Å². The lowest BCUT2D eigenvalue weighted by atomic mass is 10.0. The third-order valence-electron chi connectivity index (χ3n) is 4.16. The lowest BCUT2D eigenvalue weighted by Crippen LogP contribution is -2.49. The number of aryl methyl sites for hydroxylation is 1. The summed E-state index contributed by atoms with van der Waals surface area (Å²) in [4.78, 5) is 5.08. The molecule has 2 rings (SSSR count). The van der Waals surface area contributed by atoms with E-state index in [-0.39, 0.29) is 6.04 Å². The minimum Gasteiger partial charge on any atom is -0.369 e. The molecule has 1 aromatic rings. The molecule has 1 saturated heterocycles. The van der Waals surface area contributed by atoms with Crippen LogP contribution in [0.15, 0.2) is 18.2 Å². The molecule has 1 fully saturated rings. The van der Waals surface area contributed by atoms with E-state index in [2.05, 4.69) is 55.7 Å². The zero-order chi connectivity index (χ0) is 14.7. The van der Waals surface area contributed by atoms with Crippen molar-refractivity contribution in [1.29, 1.82) is 0 Å². The van der Waals surface area contributed by atoms with Gasteiger partial charge in [0, 0.05) is 44.0 Å². The molecule has 1 heterocycles. The van der Waals surface area contributed by atoms with E-state index in [4.69, 9.17) is 5.73 Å². The van der Waals surface area contributed by atoms with Crippen LogP contribution in [-0.4, -0.2) is 43.2 Å². The molecule has 0 aromatic heterocycles. The van der Waals surface area contributed by atoms with Crippen molar-refractivity contribution < 1.29 is 0 Å². The van der Waals surface area contributed by atoms with Gasteiger partial charge in [0.1, 0.15) is 0 Å². The Balaban J connectivity index is 2.13. The molecular formula is C17H29N3. The summed E-state index contributed by atoms with van der Waals surface area (Å²) in [6, 6.07) is 7.66. The Morgan fingerprint density at radius 2 is 1.75 bits per heavy atom. The van der Waals surface area contributed by atoms with Crippen LogP contribution in [-0.2, 0) is 6.42 Å². The molecule has 0 amide bonds. The van der Waals surface area contributed by atoms with Crippen molar-refractivity contribution in [3.8, 4) is 0 Å². The van der Waals surface area contributed by atoms with Gasteiger partial charge in [-0.15, -0.1) is 0 Å². The predicted octanol–water partition coefficient (Wildman–Crippen LogP) is 2.42. The fraction of sp³-hybridized carbons (Fsp3) is 0.647. The number of benzene rings is 1. The van der Waals surface area contributed by atoms with Crippen LogP contribution in [0.2, 0.25) is 0 Å². The maximum absolute atomic E-state index is 6.01. The molecule has 20 heavy (non-hydrogen) atoms. The molecule has 1 aliphatic heterocycles. The summed E-state index contributed by atoms with van der Waals surface area (Å²) in [7, 11) is 0. The van der Waals surface area contributed by atoms with Gasteiger partial charge in [-0.3, -0.25) is 4.90 Å². The predicted molar refractivity (Wildman–Crippen MR) is 87.5 cm³/mol. The monoisotopic (exact) mass is 275 g/mol. The zero-order valence-corrected chi connectivity index (χ0v) is 13.4. The second-order valence-electron chi connectivity index (χ2n) is 6.43. The summed E-state index contributed by atoms with van der Waals surface area (Å²) < 4.78 is 0. The average Bonchev–Trinajstić information content (AvgIpc) is 2.38. The standard InChI is InChI=1S/C17H29N3/c1-13(2)19-7-9-20(10-8-19)17-6-5-14(3)11-16(17)12-15(4)18/h5-6,11,13,15H,7-10,12,18H2,1-4H3. The normalized spacial score (nSPS) is 18.6. The van der Waals surface area contributed by atoms with Gasteiger partial charge < -0.3 is 10.6 Å². The topological polar surface area (TPSA) is 32.5 Å². The molecule has 3 nitrogen and oxygen atoms in total. The maximum atomic E-state index is 6.01. The van der Waals surface area contributed by atoms with Crippen molar-refractivity contribution in [2.24, 2.45) is 5.73 Å². The van der Waals surface area contributed by atoms with E-state index < -0.39 is 0 Å².